The highest BCUT2D eigenvalue weighted by Gasteiger charge is 2.35. The van der Waals surface area contributed by atoms with Crippen molar-refractivity contribution in [1.29, 1.82) is 0 Å². The smallest absolute Gasteiger partial charge is 0.407 e. The van der Waals surface area contributed by atoms with E-state index < -0.39 is 41.9 Å². The number of nitrogens with one attached hydrogen (secondary N) is 2. The van der Waals surface area contributed by atoms with Gasteiger partial charge in [-0.1, -0.05) is 66.7 Å². The van der Waals surface area contributed by atoms with Crippen LogP contribution in [0.5, 0.6) is 5.75 Å². The predicted molar refractivity (Wildman–Crippen MR) is 183 cm³/mol. The van der Waals surface area contributed by atoms with Crippen LogP contribution in [0.2, 0.25) is 0 Å². The summed E-state index contributed by atoms with van der Waals surface area (Å²) in [7, 11) is 1.62. The van der Waals surface area contributed by atoms with E-state index in [9.17, 15) is 19.8 Å². The molecule has 0 radical (unpaired) electrons. The highest BCUT2D eigenvalue weighted by atomic mass is 16.6. The van der Waals surface area contributed by atoms with E-state index in [4.69, 9.17) is 18.9 Å². The molecular weight excluding hydrogens is 612 g/mol. The van der Waals surface area contributed by atoms with Gasteiger partial charge in [-0.3, -0.25) is 4.79 Å². The second kappa shape index (κ2) is 18.0. The van der Waals surface area contributed by atoms with Crippen molar-refractivity contribution in [3.8, 4) is 5.75 Å². The number of hydrogen-bond donors (Lipinski definition) is 4. The van der Waals surface area contributed by atoms with E-state index in [1.165, 1.54) is 0 Å². The zero-order valence-corrected chi connectivity index (χ0v) is 28.4. The van der Waals surface area contributed by atoms with Gasteiger partial charge in [0.1, 0.15) is 18.0 Å². The molecular formula is C38H50N2O8. The van der Waals surface area contributed by atoms with Crippen LogP contribution in [0.15, 0.2) is 78.9 Å². The first-order chi connectivity index (χ1) is 23.0. The summed E-state index contributed by atoms with van der Waals surface area (Å²) in [6.45, 7) is 7.17. The van der Waals surface area contributed by atoms with Crippen LogP contribution in [-0.4, -0.2) is 79.6 Å². The minimum atomic E-state index is -1.09. The Balaban J connectivity index is 1.51. The second-order valence-electron chi connectivity index (χ2n) is 13.2. The molecule has 3 unspecified atom stereocenters. The normalized spacial score (nSPS) is 17.5. The van der Waals surface area contributed by atoms with Crippen molar-refractivity contribution in [1.82, 2.24) is 10.6 Å². The second-order valence-corrected chi connectivity index (χ2v) is 13.2. The molecule has 3 aromatic rings. The fourth-order valence-electron chi connectivity index (χ4n) is 5.84. The summed E-state index contributed by atoms with van der Waals surface area (Å²) in [5.74, 6) is -0.302. The standard InChI is InChI=1S/C38H50N2O8/c1-38(2,3)48-37(44)39-32(23-26-10-6-5-7-11-26)33(41)25-29(36(43)40-35-31-13-9-8-12-28(31)24-34(35)42)22-27-14-16-30(17-15-27)47-21-20-46-19-18-45-4/h5-17,29,32-35,41-42H,18-25H2,1-4H3,(H,39,44)(H,40,43)/t29?,32?,33?,34-,35-/m0/s1. The molecule has 3 aromatic carbocycles. The Morgan fingerprint density at radius 2 is 1.54 bits per heavy atom. The number of aliphatic hydroxyl groups is 2. The lowest BCUT2D eigenvalue weighted by atomic mass is 9.88. The Bertz CT molecular complexity index is 1430. The maximum absolute atomic E-state index is 14.0. The van der Waals surface area contributed by atoms with Crippen molar-refractivity contribution in [3.05, 3.63) is 101 Å². The molecule has 5 atom stereocenters. The SMILES string of the molecule is COCCOCCOc1ccc(CC(CC(O)C(Cc2ccccc2)NC(=O)OC(C)(C)C)C(=O)N[C@H]2c3ccccc3C[C@@H]2O)cc1. The number of carbonyl (C=O) groups is 2. The molecule has 48 heavy (non-hydrogen) atoms. The first kappa shape index (κ1) is 36.9. The van der Waals surface area contributed by atoms with E-state index in [1.807, 2.05) is 78.9 Å². The van der Waals surface area contributed by atoms with Gasteiger partial charge in [-0.2, -0.15) is 0 Å². The number of methoxy groups -OCH3 is 1. The lowest BCUT2D eigenvalue weighted by Gasteiger charge is -2.29. The third-order valence-corrected chi connectivity index (χ3v) is 8.20. The van der Waals surface area contributed by atoms with E-state index in [2.05, 4.69) is 10.6 Å². The van der Waals surface area contributed by atoms with Crippen LogP contribution in [0.3, 0.4) is 0 Å². The monoisotopic (exact) mass is 662 g/mol. The van der Waals surface area contributed by atoms with Gasteiger partial charge in [-0.05, 0) is 74.4 Å². The lowest BCUT2D eigenvalue weighted by molar-refractivity contribution is -0.127. The van der Waals surface area contributed by atoms with E-state index in [0.29, 0.717) is 51.4 Å². The highest BCUT2D eigenvalue weighted by Crippen LogP contribution is 2.32. The van der Waals surface area contributed by atoms with Gasteiger partial charge in [0, 0.05) is 19.4 Å². The maximum Gasteiger partial charge on any atom is 0.407 e. The first-order valence-corrected chi connectivity index (χ1v) is 16.6. The van der Waals surface area contributed by atoms with Crippen molar-refractivity contribution in [2.75, 3.05) is 33.5 Å². The van der Waals surface area contributed by atoms with Crippen LogP contribution in [0.25, 0.3) is 0 Å². The summed E-state index contributed by atoms with van der Waals surface area (Å²) in [6, 6.07) is 23.4. The molecule has 0 bridgehead atoms. The molecule has 0 aliphatic heterocycles. The minimum Gasteiger partial charge on any atom is -0.491 e. The molecule has 4 rings (SSSR count). The number of fused-ring (bicyclic) bond motifs is 1. The molecule has 1 aliphatic carbocycles. The molecule has 0 saturated carbocycles. The molecule has 10 nitrogen and oxygen atoms in total. The Morgan fingerprint density at radius 1 is 0.875 bits per heavy atom. The van der Waals surface area contributed by atoms with Crippen LogP contribution < -0.4 is 15.4 Å². The number of alkyl carbamates (subject to hydrolysis) is 1. The molecule has 1 aliphatic rings. The molecule has 0 spiro atoms. The van der Waals surface area contributed by atoms with Crippen LogP contribution in [0, 0.1) is 5.92 Å². The fraction of sp³-hybridized carbons (Fsp3) is 0.474. The number of aliphatic hydroxyl groups excluding tert-OH is 2. The summed E-state index contributed by atoms with van der Waals surface area (Å²) in [6.07, 6.45) is -1.33. The van der Waals surface area contributed by atoms with Gasteiger partial charge < -0.3 is 39.8 Å². The Labute approximate surface area is 283 Å². The third-order valence-electron chi connectivity index (χ3n) is 8.20. The average molecular weight is 663 g/mol. The van der Waals surface area contributed by atoms with Crippen molar-refractivity contribution < 1.29 is 38.7 Å². The topological polar surface area (TPSA) is 136 Å². The van der Waals surface area contributed by atoms with E-state index in [-0.39, 0.29) is 12.3 Å². The summed E-state index contributed by atoms with van der Waals surface area (Å²) in [5, 5.41) is 28.5. The first-order valence-electron chi connectivity index (χ1n) is 16.6. The fourth-order valence-corrected chi connectivity index (χ4v) is 5.84. The predicted octanol–water partition coefficient (Wildman–Crippen LogP) is 4.55. The van der Waals surface area contributed by atoms with Crippen molar-refractivity contribution in [2.24, 2.45) is 5.92 Å². The zero-order valence-electron chi connectivity index (χ0n) is 28.4. The molecule has 4 N–H and O–H groups in total. The van der Waals surface area contributed by atoms with Crippen LogP contribution in [0.4, 0.5) is 4.79 Å². The highest BCUT2D eigenvalue weighted by molar-refractivity contribution is 5.80. The van der Waals surface area contributed by atoms with E-state index in [1.54, 1.807) is 27.9 Å². The zero-order chi connectivity index (χ0) is 34.5. The van der Waals surface area contributed by atoms with Crippen molar-refractivity contribution >= 4 is 12.0 Å². The molecule has 0 saturated heterocycles. The minimum absolute atomic E-state index is 0.0562. The molecule has 2 amide bonds. The van der Waals surface area contributed by atoms with E-state index in [0.717, 1.165) is 22.3 Å². The summed E-state index contributed by atoms with van der Waals surface area (Å²) >= 11 is 0. The average Bonchev–Trinajstić information content (AvgIpc) is 3.36. The Hall–Kier alpha value is -3.96. The van der Waals surface area contributed by atoms with Crippen molar-refractivity contribution in [2.45, 2.75) is 76.3 Å². The Kier molecular flexibility index (Phi) is 13.8. The van der Waals surface area contributed by atoms with Gasteiger partial charge in [0.25, 0.3) is 0 Å². The van der Waals surface area contributed by atoms with Gasteiger partial charge in [0.15, 0.2) is 0 Å². The van der Waals surface area contributed by atoms with Crippen LogP contribution in [-0.2, 0) is 38.3 Å². The summed E-state index contributed by atoms with van der Waals surface area (Å²) < 4.78 is 21.7. The number of amides is 2. The van der Waals surface area contributed by atoms with E-state index >= 15 is 0 Å². The summed E-state index contributed by atoms with van der Waals surface area (Å²) in [5.41, 5.74) is 2.96. The number of carbonyl (C=O) groups excluding carboxylic acids is 2. The Morgan fingerprint density at radius 3 is 2.25 bits per heavy atom. The summed E-state index contributed by atoms with van der Waals surface area (Å²) in [4.78, 5) is 26.9. The van der Waals surface area contributed by atoms with Crippen LogP contribution >= 0.6 is 0 Å². The van der Waals surface area contributed by atoms with Gasteiger partial charge in [-0.25, -0.2) is 4.79 Å². The van der Waals surface area contributed by atoms with Gasteiger partial charge in [0.2, 0.25) is 5.91 Å². The maximum atomic E-state index is 14.0. The molecule has 0 aromatic heterocycles. The van der Waals surface area contributed by atoms with Crippen molar-refractivity contribution in [3.63, 3.8) is 0 Å². The largest absolute Gasteiger partial charge is 0.491 e. The molecule has 260 valence electrons. The van der Waals surface area contributed by atoms with Gasteiger partial charge >= 0.3 is 6.09 Å². The number of ether oxygens (including phenoxy) is 4. The molecule has 10 heteroatoms. The molecule has 0 fully saturated rings. The lowest BCUT2D eigenvalue weighted by Crippen LogP contribution is -2.48. The van der Waals surface area contributed by atoms with Crippen LogP contribution in [0.1, 0.15) is 55.5 Å². The number of benzene rings is 3. The number of rotatable bonds is 17. The quantitative estimate of drug-likeness (QED) is 0.155. The van der Waals surface area contributed by atoms with Gasteiger partial charge in [0.05, 0.1) is 44.1 Å². The van der Waals surface area contributed by atoms with Gasteiger partial charge in [-0.15, -0.1) is 0 Å². The third kappa shape index (κ3) is 11.6. The number of hydrogen-bond acceptors (Lipinski definition) is 8. The molecule has 0 heterocycles.